The normalized spacial score (nSPS) is 11.5. The Balaban J connectivity index is 2.09. The molecule has 1 N–H and O–H groups in total. The van der Waals surface area contributed by atoms with Crippen LogP contribution in [-0.2, 0) is 14.8 Å². The molecule has 0 aliphatic rings. The van der Waals surface area contributed by atoms with Crippen molar-refractivity contribution in [3.05, 3.63) is 59.2 Å². The number of sulfonamides is 1. The van der Waals surface area contributed by atoms with Crippen LogP contribution in [0.15, 0.2) is 47.4 Å². The van der Waals surface area contributed by atoms with E-state index in [-0.39, 0.29) is 17.3 Å². The van der Waals surface area contributed by atoms with Crippen LogP contribution in [0.1, 0.15) is 16.7 Å². The molecule has 0 unspecified atom stereocenters. The Bertz CT molecular complexity index is 823. The Kier molecular flexibility index (Phi) is 5.41. The standard InChI is InChI=1S/C18H22N2O3S/c1-13-5-7-17(8-6-13)24(22,23)20(4)12-18(21)19-16-10-14(2)9-15(3)11-16/h5-11H,12H2,1-4H3,(H,19,21). The number of amides is 1. The van der Waals surface area contributed by atoms with Crippen molar-refractivity contribution in [3.8, 4) is 0 Å². The minimum absolute atomic E-state index is 0.176. The summed E-state index contributed by atoms with van der Waals surface area (Å²) in [6.45, 7) is 5.52. The van der Waals surface area contributed by atoms with Gasteiger partial charge in [-0.15, -0.1) is 0 Å². The van der Waals surface area contributed by atoms with Crippen LogP contribution >= 0.6 is 0 Å². The van der Waals surface area contributed by atoms with E-state index in [0.717, 1.165) is 21.0 Å². The van der Waals surface area contributed by atoms with Gasteiger partial charge in [-0.1, -0.05) is 23.8 Å². The van der Waals surface area contributed by atoms with E-state index in [1.165, 1.54) is 7.05 Å². The van der Waals surface area contributed by atoms with Crippen molar-refractivity contribution in [3.63, 3.8) is 0 Å². The molecule has 0 spiro atoms. The fraction of sp³-hybridized carbons (Fsp3) is 0.278. The molecule has 0 aliphatic carbocycles. The van der Waals surface area contributed by atoms with Crippen molar-refractivity contribution in [1.29, 1.82) is 0 Å². The lowest BCUT2D eigenvalue weighted by Crippen LogP contribution is -2.35. The van der Waals surface area contributed by atoms with E-state index in [0.29, 0.717) is 5.69 Å². The number of carbonyl (C=O) groups excluding carboxylic acids is 1. The van der Waals surface area contributed by atoms with Gasteiger partial charge in [-0.2, -0.15) is 4.31 Å². The SMILES string of the molecule is Cc1ccc(S(=O)(=O)N(C)CC(=O)Nc2cc(C)cc(C)c2)cc1. The molecule has 0 aliphatic heterocycles. The van der Waals surface area contributed by atoms with E-state index >= 15 is 0 Å². The van der Waals surface area contributed by atoms with Crippen molar-refractivity contribution in [2.24, 2.45) is 0 Å². The van der Waals surface area contributed by atoms with E-state index in [2.05, 4.69) is 5.32 Å². The number of hydrogen-bond acceptors (Lipinski definition) is 3. The molecule has 0 saturated carbocycles. The molecular formula is C18H22N2O3S. The predicted octanol–water partition coefficient (Wildman–Crippen LogP) is 2.87. The fourth-order valence-corrected chi connectivity index (χ4v) is 3.55. The Morgan fingerprint density at radius 3 is 2.04 bits per heavy atom. The van der Waals surface area contributed by atoms with Gasteiger partial charge >= 0.3 is 0 Å². The van der Waals surface area contributed by atoms with Gasteiger partial charge in [0.05, 0.1) is 11.4 Å². The summed E-state index contributed by atoms with van der Waals surface area (Å²) in [5, 5.41) is 2.74. The topological polar surface area (TPSA) is 66.5 Å². The number of nitrogens with one attached hydrogen (secondary N) is 1. The van der Waals surface area contributed by atoms with Crippen LogP contribution in [0.25, 0.3) is 0 Å². The second kappa shape index (κ2) is 7.15. The first kappa shape index (κ1) is 18.2. The highest BCUT2D eigenvalue weighted by Gasteiger charge is 2.22. The molecule has 2 aromatic rings. The number of aryl methyl sites for hydroxylation is 3. The van der Waals surface area contributed by atoms with Gasteiger partial charge < -0.3 is 5.32 Å². The monoisotopic (exact) mass is 346 g/mol. The van der Waals surface area contributed by atoms with Gasteiger partial charge in [0.1, 0.15) is 0 Å². The first-order chi connectivity index (χ1) is 11.2. The number of benzene rings is 2. The highest BCUT2D eigenvalue weighted by atomic mass is 32.2. The summed E-state index contributed by atoms with van der Waals surface area (Å²) in [6, 6.07) is 12.3. The van der Waals surface area contributed by atoms with Gasteiger partial charge in [-0.25, -0.2) is 8.42 Å². The second-order valence-electron chi connectivity index (χ2n) is 6.00. The largest absolute Gasteiger partial charge is 0.325 e. The van der Waals surface area contributed by atoms with Crippen LogP contribution in [0, 0.1) is 20.8 Å². The summed E-state index contributed by atoms with van der Waals surface area (Å²) in [4.78, 5) is 12.3. The van der Waals surface area contributed by atoms with Gasteiger partial charge in [-0.05, 0) is 56.2 Å². The molecule has 6 heteroatoms. The summed E-state index contributed by atoms with van der Waals surface area (Å²) < 4.78 is 26.0. The maximum Gasteiger partial charge on any atom is 0.243 e. The third-order valence-corrected chi connectivity index (χ3v) is 5.42. The molecule has 5 nitrogen and oxygen atoms in total. The first-order valence-electron chi connectivity index (χ1n) is 7.59. The van der Waals surface area contributed by atoms with E-state index in [9.17, 15) is 13.2 Å². The molecule has 0 atom stereocenters. The molecule has 128 valence electrons. The third kappa shape index (κ3) is 4.43. The Morgan fingerprint density at radius 2 is 1.50 bits per heavy atom. The van der Waals surface area contributed by atoms with Crippen molar-refractivity contribution < 1.29 is 13.2 Å². The smallest absolute Gasteiger partial charge is 0.243 e. The van der Waals surface area contributed by atoms with Crippen molar-refractivity contribution in [2.45, 2.75) is 25.7 Å². The van der Waals surface area contributed by atoms with Gasteiger partial charge in [0.2, 0.25) is 15.9 Å². The van der Waals surface area contributed by atoms with Crippen molar-refractivity contribution in [2.75, 3.05) is 18.9 Å². The summed E-state index contributed by atoms with van der Waals surface area (Å²) in [5.41, 5.74) is 3.71. The Hall–Kier alpha value is -2.18. The van der Waals surface area contributed by atoms with E-state index in [4.69, 9.17) is 0 Å². The van der Waals surface area contributed by atoms with Crippen LogP contribution in [0.2, 0.25) is 0 Å². The molecular weight excluding hydrogens is 324 g/mol. The third-order valence-electron chi connectivity index (χ3n) is 3.60. The van der Waals surface area contributed by atoms with Crippen molar-refractivity contribution >= 4 is 21.6 Å². The molecule has 0 aromatic heterocycles. The zero-order valence-corrected chi connectivity index (χ0v) is 15.1. The Morgan fingerprint density at radius 1 is 0.958 bits per heavy atom. The average Bonchev–Trinajstić information content (AvgIpc) is 2.46. The van der Waals surface area contributed by atoms with Crippen LogP contribution in [-0.4, -0.2) is 32.2 Å². The van der Waals surface area contributed by atoms with Crippen LogP contribution < -0.4 is 5.32 Å². The van der Waals surface area contributed by atoms with Gasteiger partial charge in [0.25, 0.3) is 0 Å². The quantitative estimate of drug-likeness (QED) is 0.905. The molecule has 0 fully saturated rings. The molecule has 24 heavy (non-hydrogen) atoms. The summed E-state index contributed by atoms with van der Waals surface area (Å²) in [5.74, 6) is -0.377. The van der Waals surface area contributed by atoms with E-state index in [1.807, 2.05) is 39.0 Å². The van der Waals surface area contributed by atoms with Crippen molar-refractivity contribution in [1.82, 2.24) is 4.31 Å². The second-order valence-corrected chi connectivity index (χ2v) is 8.04. The maximum atomic E-state index is 12.5. The summed E-state index contributed by atoms with van der Waals surface area (Å²) >= 11 is 0. The highest BCUT2D eigenvalue weighted by Crippen LogP contribution is 2.16. The number of likely N-dealkylation sites (N-methyl/N-ethyl adjacent to an activating group) is 1. The minimum atomic E-state index is -3.69. The predicted molar refractivity (Wildman–Crippen MR) is 95.5 cm³/mol. The molecule has 0 bridgehead atoms. The van der Waals surface area contributed by atoms with Gasteiger partial charge in [0, 0.05) is 12.7 Å². The van der Waals surface area contributed by atoms with Gasteiger partial charge in [0.15, 0.2) is 0 Å². The van der Waals surface area contributed by atoms with E-state index < -0.39 is 10.0 Å². The Labute approximate surface area is 143 Å². The maximum absolute atomic E-state index is 12.5. The molecule has 0 heterocycles. The number of nitrogens with zero attached hydrogens (tertiary/aromatic N) is 1. The summed E-state index contributed by atoms with van der Waals surface area (Å²) in [7, 11) is -2.29. The molecule has 2 aromatic carbocycles. The lowest BCUT2D eigenvalue weighted by Gasteiger charge is -2.17. The number of anilines is 1. The zero-order valence-electron chi connectivity index (χ0n) is 14.3. The van der Waals surface area contributed by atoms with Crippen LogP contribution in [0.5, 0.6) is 0 Å². The lowest BCUT2D eigenvalue weighted by atomic mass is 10.1. The first-order valence-corrected chi connectivity index (χ1v) is 9.03. The number of carbonyl (C=O) groups is 1. The van der Waals surface area contributed by atoms with Crippen LogP contribution in [0.3, 0.4) is 0 Å². The van der Waals surface area contributed by atoms with Crippen LogP contribution in [0.4, 0.5) is 5.69 Å². The number of hydrogen-bond donors (Lipinski definition) is 1. The molecule has 0 radical (unpaired) electrons. The molecule has 1 amide bonds. The number of rotatable bonds is 5. The molecule has 2 rings (SSSR count). The lowest BCUT2D eigenvalue weighted by molar-refractivity contribution is -0.116. The zero-order chi connectivity index (χ0) is 17.9. The average molecular weight is 346 g/mol. The van der Waals surface area contributed by atoms with Gasteiger partial charge in [-0.3, -0.25) is 4.79 Å². The minimum Gasteiger partial charge on any atom is -0.325 e. The summed E-state index contributed by atoms with van der Waals surface area (Å²) in [6.07, 6.45) is 0. The fourth-order valence-electron chi connectivity index (χ4n) is 2.42. The molecule has 0 saturated heterocycles. The highest BCUT2D eigenvalue weighted by molar-refractivity contribution is 7.89. The van der Waals surface area contributed by atoms with E-state index in [1.54, 1.807) is 24.3 Å².